The molecule has 1 aliphatic carbocycles. The van der Waals surface area contributed by atoms with Crippen LogP contribution in [0.1, 0.15) is 30.2 Å². The molecule has 1 aromatic rings. The van der Waals surface area contributed by atoms with Crippen LogP contribution in [-0.2, 0) is 6.42 Å². The van der Waals surface area contributed by atoms with Crippen LogP contribution in [0.4, 0.5) is 0 Å². The van der Waals surface area contributed by atoms with Crippen molar-refractivity contribution in [1.29, 1.82) is 0 Å². The maximum atomic E-state index is 11.0. The number of H-pyrrole nitrogens is 1. The summed E-state index contributed by atoms with van der Waals surface area (Å²) >= 11 is 0. The second-order valence-corrected chi connectivity index (χ2v) is 3.32. The molecular formula is C9H11NO3. The third kappa shape index (κ3) is 1.33. The number of hydrogen-bond donors (Lipinski definition) is 3. The van der Waals surface area contributed by atoms with Gasteiger partial charge >= 0.3 is 0 Å². The van der Waals surface area contributed by atoms with Gasteiger partial charge in [-0.2, -0.15) is 0 Å². The normalized spacial score (nSPS) is 21.2. The Bertz CT molecular complexity index is 383. The van der Waals surface area contributed by atoms with E-state index in [-0.39, 0.29) is 11.3 Å². The number of aromatic nitrogens is 1. The lowest BCUT2D eigenvalue weighted by Gasteiger charge is -2.20. The van der Waals surface area contributed by atoms with Crippen molar-refractivity contribution < 1.29 is 10.2 Å². The van der Waals surface area contributed by atoms with Gasteiger partial charge in [-0.05, 0) is 19.3 Å². The summed E-state index contributed by atoms with van der Waals surface area (Å²) in [5.41, 5.74) is 0.798. The van der Waals surface area contributed by atoms with Crippen LogP contribution >= 0.6 is 0 Å². The summed E-state index contributed by atoms with van der Waals surface area (Å²) in [6.45, 7) is 0. The molecule has 1 atom stereocenters. The number of pyridine rings is 1. The number of fused-ring (bicyclic) bond motifs is 1. The van der Waals surface area contributed by atoms with E-state index in [0.29, 0.717) is 17.7 Å². The summed E-state index contributed by atoms with van der Waals surface area (Å²) in [7, 11) is 0. The van der Waals surface area contributed by atoms with Crippen molar-refractivity contribution >= 4 is 0 Å². The number of aromatic amines is 1. The molecule has 1 aliphatic rings. The minimum absolute atomic E-state index is 0.00231. The van der Waals surface area contributed by atoms with Crippen molar-refractivity contribution in [3.63, 3.8) is 0 Å². The molecule has 0 spiro atoms. The Balaban J connectivity index is 2.63. The fourth-order valence-electron chi connectivity index (χ4n) is 1.76. The van der Waals surface area contributed by atoms with Gasteiger partial charge in [-0.15, -0.1) is 0 Å². The van der Waals surface area contributed by atoms with E-state index < -0.39 is 6.10 Å². The average molecular weight is 181 g/mol. The number of nitrogens with one attached hydrogen (secondary N) is 1. The SMILES string of the molecule is O=c1cc(O)c2c([nH]1)C(O)CCC2. The third-order valence-corrected chi connectivity index (χ3v) is 2.40. The van der Waals surface area contributed by atoms with Gasteiger partial charge in [-0.25, -0.2) is 0 Å². The van der Waals surface area contributed by atoms with Gasteiger partial charge in [-0.3, -0.25) is 4.79 Å². The molecule has 4 nitrogen and oxygen atoms in total. The second-order valence-electron chi connectivity index (χ2n) is 3.32. The highest BCUT2D eigenvalue weighted by Gasteiger charge is 2.21. The predicted octanol–water partition coefficient (Wildman–Crippen LogP) is 0.450. The first kappa shape index (κ1) is 8.31. The van der Waals surface area contributed by atoms with Gasteiger partial charge in [-0.1, -0.05) is 0 Å². The molecule has 0 fully saturated rings. The molecule has 4 heteroatoms. The highest BCUT2D eigenvalue weighted by molar-refractivity contribution is 5.37. The molecular weight excluding hydrogens is 170 g/mol. The number of aromatic hydroxyl groups is 1. The molecule has 0 radical (unpaired) electrons. The van der Waals surface area contributed by atoms with Gasteiger partial charge in [0.15, 0.2) is 0 Å². The minimum Gasteiger partial charge on any atom is -0.507 e. The van der Waals surface area contributed by atoms with Crippen LogP contribution in [-0.4, -0.2) is 15.2 Å². The first-order chi connectivity index (χ1) is 6.18. The largest absolute Gasteiger partial charge is 0.507 e. The molecule has 0 saturated carbocycles. The maximum Gasteiger partial charge on any atom is 0.251 e. The van der Waals surface area contributed by atoms with Crippen molar-refractivity contribution in [3.05, 3.63) is 27.7 Å². The van der Waals surface area contributed by atoms with Gasteiger partial charge in [0.2, 0.25) is 0 Å². The second kappa shape index (κ2) is 2.88. The lowest BCUT2D eigenvalue weighted by Crippen LogP contribution is -2.17. The smallest absolute Gasteiger partial charge is 0.251 e. The van der Waals surface area contributed by atoms with Crippen molar-refractivity contribution in [3.8, 4) is 5.75 Å². The van der Waals surface area contributed by atoms with Crippen molar-refractivity contribution in [1.82, 2.24) is 4.98 Å². The summed E-state index contributed by atoms with van der Waals surface area (Å²) in [5, 5.41) is 19.0. The van der Waals surface area contributed by atoms with Gasteiger partial charge < -0.3 is 15.2 Å². The minimum atomic E-state index is -0.636. The molecule has 1 aromatic heterocycles. The fourth-order valence-corrected chi connectivity index (χ4v) is 1.76. The fraction of sp³-hybridized carbons (Fsp3) is 0.444. The van der Waals surface area contributed by atoms with Gasteiger partial charge in [0.1, 0.15) is 5.75 Å². The van der Waals surface area contributed by atoms with E-state index in [2.05, 4.69) is 4.98 Å². The standard InChI is InChI=1S/C9H11NO3/c11-6-3-1-2-5-7(12)4-8(13)10-9(5)6/h4,6,11H,1-3H2,(H2,10,12,13). The van der Waals surface area contributed by atoms with Crippen molar-refractivity contribution in [2.24, 2.45) is 0 Å². The monoisotopic (exact) mass is 181 g/mol. The van der Waals surface area contributed by atoms with Crippen LogP contribution in [0.25, 0.3) is 0 Å². The van der Waals surface area contributed by atoms with Crippen LogP contribution in [0.5, 0.6) is 5.75 Å². The van der Waals surface area contributed by atoms with Gasteiger partial charge in [0.05, 0.1) is 11.8 Å². The van der Waals surface area contributed by atoms with Crippen LogP contribution in [0, 0.1) is 0 Å². The van der Waals surface area contributed by atoms with Crippen LogP contribution in [0.3, 0.4) is 0 Å². The molecule has 13 heavy (non-hydrogen) atoms. The summed E-state index contributed by atoms with van der Waals surface area (Å²) in [4.78, 5) is 13.5. The number of rotatable bonds is 0. The topological polar surface area (TPSA) is 73.3 Å². The molecule has 1 heterocycles. The van der Waals surface area contributed by atoms with E-state index in [1.54, 1.807) is 0 Å². The lowest BCUT2D eigenvalue weighted by molar-refractivity contribution is 0.150. The Morgan fingerprint density at radius 1 is 1.54 bits per heavy atom. The average Bonchev–Trinajstić information content (AvgIpc) is 2.07. The Hall–Kier alpha value is -1.29. The number of aliphatic hydroxyl groups is 1. The van der Waals surface area contributed by atoms with Gasteiger partial charge in [0.25, 0.3) is 5.56 Å². The molecule has 2 rings (SSSR count). The Morgan fingerprint density at radius 2 is 2.31 bits per heavy atom. The summed E-state index contributed by atoms with van der Waals surface area (Å²) < 4.78 is 0. The van der Waals surface area contributed by atoms with Crippen molar-refractivity contribution in [2.45, 2.75) is 25.4 Å². The Labute approximate surface area is 74.9 Å². The first-order valence-corrected chi connectivity index (χ1v) is 4.31. The Kier molecular flexibility index (Phi) is 1.84. The highest BCUT2D eigenvalue weighted by Crippen LogP contribution is 2.31. The molecule has 0 aromatic carbocycles. The molecule has 0 amide bonds. The van der Waals surface area contributed by atoms with E-state index in [4.69, 9.17) is 0 Å². The number of hydrogen-bond acceptors (Lipinski definition) is 3. The van der Waals surface area contributed by atoms with Crippen LogP contribution < -0.4 is 5.56 Å². The lowest BCUT2D eigenvalue weighted by atomic mass is 9.93. The van der Waals surface area contributed by atoms with E-state index in [9.17, 15) is 15.0 Å². The van der Waals surface area contributed by atoms with Gasteiger partial charge in [0, 0.05) is 11.6 Å². The zero-order valence-electron chi connectivity index (χ0n) is 7.08. The molecule has 0 aliphatic heterocycles. The molecule has 0 bridgehead atoms. The number of aliphatic hydroxyl groups excluding tert-OH is 1. The molecule has 3 N–H and O–H groups in total. The highest BCUT2D eigenvalue weighted by atomic mass is 16.3. The quantitative estimate of drug-likeness (QED) is 0.544. The molecule has 1 unspecified atom stereocenters. The summed E-state index contributed by atoms with van der Waals surface area (Å²) in [6.07, 6.45) is 1.57. The van der Waals surface area contributed by atoms with E-state index >= 15 is 0 Å². The zero-order chi connectivity index (χ0) is 9.42. The van der Waals surface area contributed by atoms with Crippen LogP contribution in [0.15, 0.2) is 10.9 Å². The third-order valence-electron chi connectivity index (χ3n) is 2.40. The van der Waals surface area contributed by atoms with Crippen molar-refractivity contribution in [2.75, 3.05) is 0 Å². The molecule has 70 valence electrons. The van der Waals surface area contributed by atoms with Crippen LogP contribution in [0.2, 0.25) is 0 Å². The van der Waals surface area contributed by atoms with E-state index in [0.717, 1.165) is 18.9 Å². The summed E-state index contributed by atoms with van der Waals surface area (Å²) in [6, 6.07) is 1.15. The Morgan fingerprint density at radius 3 is 3.08 bits per heavy atom. The maximum absolute atomic E-state index is 11.0. The van der Waals surface area contributed by atoms with E-state index in [1.165, 1.54) is 0 Å². The molecule has 0 saturated heterocycles. The zero-order valence-corrected chi connectivity index (χ0v) is 7.08. The summed E-state index contributed by atoms with van der Waals surface area (Å²) in [5.74, 6) is -0.00231. The van der Waals surface area contributed by atoms with E-state index in [1.807, 2.05) is 0 Å². The predicted molar refractivity (Wildman–Crippen MR) is 46.6 cm³/mol. The first-order valence-electron chi connectivity index (χ1n) is 4.31.